The summed E-state index contributed by atoms with van der Waals surface area (Å²) >= 11 is 0. The van der Waals surface area contributed by atoms with Gasteiger partial charge in [-0.15, -0.1) is 6.58 Å². The van der Waals surface area contributed by atoms with Gasteiger partial charge >= 0.3 is 17.9 Å². The summed E-state index contributed by atoms with van der Waals surface area (Å²) in [6.45, 7) is 4.90. The van der Waals surface area contributed by atoms with Crippen molar-refractivity contribution in [3.8, 4) is 0 Å². The third kappa shape index (κ3) is 4.87. The van der Waals surface area contributed by atoms with Crippen LogP contribution in [0.25, 0.3) is 0 Å². The quantitative estimate of drug-likeness (QED) is 0.290. The first-order chi connectivity index (χ1) is 9.44. The Morgan fingerprint density at radius 1 is 1.05 bits per heavy atom. The third-order valence-electron chi connectivity index (χ3n) is 2.66. The highest BCUT2D eigenvalue weighted by Gasteiger charge is 2.46. The molecule has 0 aromatic heterocycles. The Hall–Kier alpha value is -2.11. The van der Waals surface area contributed by atoms with Crippen LogP contribution in [0.5, 0.6) is 0 Å². The van der Waals surface area contributed by atoms with Gasteiger partial charge in [-0.25, -0.2) is 0 Å². The SMILES string of the molecule is C=CCC(C/C=C/COC(C)=O)(C(=O)OC)C(=O)OC. The Balaban J connectivity index is 5.00. The van der Waals surface area contributed by atoms with Gasteiger partial charge in [0.15, 0.2) is 5.41 Å². The molecular weight excluding hydrogens is 264 g/mol. The van der Waals surface area contributed by atoms with Crippen LogP contribution in [0.4, 0.5) is 0 Å². The fraction of sp³-hybridized carbons (Fsp3) is 0.500. The molecule has 0 atom stereocenters. The van der Waals surface area contributed by atoms with Gasteiger partial charge in [0.2, 0.25) is 0 Å². The number of allylic oxidation sites excluding steroid dienone is 2. The second kappa shape index (κ2) is 8.90. The van der Waals surface area contributed by atoms with E-state index in [0.717, 1.165) is 0 Å². The van der Waals surface area contributed by atoms with Crippen molar-refractivity contribution < 1.29 is 28.6 Å². The molecule has 0 fully saturated rings. The van der Waals surface area contributed by atoms with E-state index >= 15 is 0 Å². The first-order valence-corrected chi connectivity index (χ1v) is 6.00. The highest BCUT2D eigenvalue weighted by molar-refractivity contribution is 6.00. The number of hydrogen-bond donors (Lipinski definition) is 0. The van der Waals surface area contributed by atoms with Crippen molar-refractivity contribution in [1.29, 1.82) is 0 Å². The van der Waals surface area contributed by atoms with Gasteiger partial charge in [0, 0.05) is 6.92 Å². The van der Waals surface area contributed by atoms with E-state index < -0.39 is 23.3 Å². The normalized spacial score (nSPS) is 10.9. The largest absolute Gasteiger partial charge is 0.468 e. The Labute approximate surface area is 118 Å². The summed E-state index contributed by atoms with van der Waals surface area (Å²) in [5.41, 5.74) is -1.46. The summed E-state index contributed by atoms with van der Waals surface area (Å²) in [6, 6.07) is 0. The molecule has 20 heavy (non-hydrogen) atoms. The van der Waals surface area contributed by atoms with Gasteiger partial charge in [-0.2, -0.15) is 0 Å². The lowest BCUT2D eigenvalue weighted by molar-refractivity contribution is -0.168. The Kier molecular flexibility index (Phi) is 7.96. The molecule has 112 valence electrons. The molecule has 6 heteroatoms. The molecular formula is C14H20O6. The number of carbonyl (C=O) groups excluding carboxylic acids is 3. The molecule has 0 amide bonds. The summed E-state index contributed by atoms with van der Waals surface area (Å²) in [7, 11) is 2.40. The standard InChI is InChI=1S/C14H20O6/c1-5-8-14(12(16)18-3,13(17)19-4)9-6-7-10-20-11(2)15/h5-7H,1,8-10H2,2-4H3/b7-6+. The zero-order chi connectivity index (χ0) is 15.6. The fourth-order valence-electron chi connectivity index (χ4n) is 1.66. The van der Waals surface area contributed by atoms with E-state index in [1.807, 2.05) is 0 Å². The molecule has 0 N–H and O–H groups in total. The lowest BCUT2D eigenvalue weighted by atomic mass is 9.81. The molecule has 0 bridgehead atoms. The van der Waals surface area contributed by atoms with Gasteiger partial charge in [-0.05, 0) is 12.8 Å². The average Bonchev–Trinajstić information content (AvgIpc) is 2.43. The van der Waals surface area contributed by atoms with Gasteiger partial charge in [-0.3, -0.25) is 14.4 Å². The number of hydrogen-bond acceptors (Lipinski definition) is 6. The minimum absolute atomic E-state index is 0.0691. The number of methoxy groups -OCH3 is 2. The third-order valence-corrected chi connectivity index (χ3v) is 2.66. The monoisotopic (exact) mass is 284 g/mol. The van der Waals surface area contributed by atoms with E-state index in [2.05, 4.69) is 16.1 Å². The summed E-state index contributed by atoms with van der Waals surface area (Å²) in [5, 5.41) is 0. The minimum atomic E-state index is -1.46. The van der Waals surface area contributed by atoms with Crippen LogP contribution in [0, 0.1) is 5.41 Å². The number of carbonyl (C=O) groups is 3. The average molecular weight is 284 g/mol. The van der Waals surface area contributed by atoms with Gasteiger partial charge < -0.3 is 14.2 Å². The molecule has 0 spiro atoms. The number of rotatable bonds is 8. The second-order valence-corrected chi connectivity index (χ2v) is 4.04. The molecule has 0 aromatic carbocycles. The molecule has 0 rings (SSSR count). The first-order valence-electron chi connectivity index (χ1n) is 6.00. The molecule has 0 aliphatic heterocycles. The molecule has 0 heterocycles. The summed E-state index contributed by atoms with van der Waals surface area (Å²) < 4.78 is 14.1. The topological polar surface area (TPSA) is 78.9 Å². The van der Waals surface area contributed by atoms with Crippen LogP contribution in [0.2, 0.25) is 0 Å². The summed E-state index contributed by atoms with van der Waals surface area (Å²) in [4.78, 5) is 34.4. The molecule has 0 aliphatic carbocycles. The van der Waals surface area contributed by atoms with Gasteiger partial charge in [0.05, 0.1) is 14.2 Å². The van der Waals surface area contributed by atoms with Crippen molar-refractivity contribution >= 4 is 17.9 Å². The molecule has 0 radical (unpaired) electrons. The highest BCUT2D eigenvalue weighted by atomic mass is 16.5. The Morgan fingerprint density at radius 2 is 1.60 bits per heavy atom. The van der Waals surface area contributed by atoms with Crippen LogP contribution in [-0.4, -0.2) is 38.7 Å². The van der Waals surface area contributed by atoms with Crippen LogP contribution >= 0.6 is 0 Å². The minimum Gasteiger partial charge on any atom is -0.468 e. The van der Waals surface area contributed by atoms with Crippen LogP contribution in [0.15, 0.2) is 24.8 Å². The van der Waals surface area contributed by atoms with Crippen molar-refractivity contribution in [3.05, 3.63) is 24.8 Å². The van der Waals surface area contributed by atoms with Crippen molar-refractivity contribution in [2.24, 2.45) is 5.41 Å². The molecule has 0 unspecified atom stereocenters. The molecule has 0 aliphatic rings. The van der Waals surface area contributed by atoms with Crippen molar-refractivity contribution in [2.75, 3.05) is 20.8 Å². The van der Waals surface area contributed by atoms with Crippen molar-refractivity contribution in [1.82, 2.24) is 0 Å². The van der Waals surface area contributed by atoms with E-state index in [9.17, 15) is 14.4 Å². The zero-order valence-electron chi connectivity index (χ0n) is 12.0. The smallest absolute Gasteiger partial charge is 0.323 e. The predicted octanol–water partition coefficient (Wildman–Crippen LogP) is 1.40. The molecule has 0 saturated heterocycles. The lowest BCUT2D eigenvalue weighted by Gasteiger charge is -2.25. The van der Waals surface area contributed by atoms with Crippen molar-refractivity contribution in [2.45, 2.75) is 19.8 Å². The lowest BCUT2D eigenvalue weighted by Crippen LogP contribution is -2.40. The van der Waals surface area contributed by atoms with Gasteiger partial charge in [0.1, 0.15) is 6.61 Å². The van der Waals surface area contributed by atoms with E-state index in [4.69, 9.17) is 4.74 Å². The maximum absolute atomic E-state index is 11.9. The fourth-order valence-corrected chi connectivity index (χ4v) is 1.66. The Morgan fingerprint density at radius 3 is 2.00 bits per heavy atom. The summed E-state index contributed by atoms with van der Waals surface area (Å²) in [6.07, 6.45) is 4.73. The van der Waals surface area contributed by atoms with E-state index in [-0.39, 0.29) is 19.4 Å². The van der Waals surface area contributed by atoms with Crippen LogP contribution in [0.1, 0.15) is 19.8 Å². The molecule has 0 saturated carbocycles. The van der Waals surface area contributed by atoms with Gasteiger partial charge in [0.25, 0.3) is 0 Å². The molecule has 6 nitrogen and oxygen atoms in total. The zero-order valence-corrected chi connectivity index (χ0v) is 12.0. The first kappa shape index (κ1) is 17.9. The number of esters is 3. The number of ether oxygens (including phenoxy) is 3. The Bertz CT molecular complexity index is 380. The highest BCUT2D eigenvalue weighted by Crippen LogP contribution is 2.31. The molecule has 0 aromatic rings. The maximum atomic E-state index is 11.9. The van der Waals surface area contributed by atoms with E-state index in [1.54, 1.807) is 12.2 Å². The van der Waals surface area contributed by atoms with Crippen molar-refractivity contribution in [3.63, 3.8) is 0 Å². The van der Waals surface area contributed by atoms with Crippen LogP contribution in [0.3, 0.4) is 0 Å². The predicted molar refractivity (Wildman–Crippen MR) is 71.7 cm³/mol. The summed E-state index contributed by atoms with van der Waals surface area (Å²) in [5.74, 6) is -1.80. The van der Waals surface area contributed by atoms with Crippen LogP contribution in [-0.2, 0) is 28.6 Å². The van der Waals surface area contributed by atoms with Gasteiger partial charge in [-0.1, -0.05) is 18.2 Å². The second-order valence-electron chi connectivity index (χ2n) is 4.04. The maximum Gasteiger partial charge on any atom is 0.323 e. The van der Waals surface area contributed by atoms with E-state index in [0.29, 0.717) is 0 Å². The van der Waals surface area contributed by atoms with Crippen LogP contribution < -0.4 is 0 Å². The van der Waals surface area contributed by atoms with E-state index in [1.165, 1.54) is 27.2 Å².